The number of aromatic nitrogens is 12. The van der Waals surface area contributed by atoms with Crippen LogP contribution in [0.25, 0.3) is 130 Å². The second-order valence-electron chi connectivity index (χ2n) is 24.4. The first kappa shape index (κ1) is 62.5. The molecule has 0 N–H and O–H groups in total. The quantitative estimate of drug-likeness (QED) is 0.114. The van der Waals surface area contributed by atoms with Crippen LogP contribution in [0, 0.1) is 0 Å². The van der Waals surface area contributed by atoms with Gasteiger partial charge >= 0.3 is 7.12 Å². The number of hydrogen-bond donors (Lipinski definition) is 0. The summed E-state index contributed by atoms with van der Waals surface area (Å²) in [4.78, 5) is 42.2. The molecule has 0 radical (unpaired) electrons. The van der Waals surface area contributed by atoms with Gasteiger partial charge in [0.25, 0.3) is 0 Å². The van der Waals surface area contributed by atoms with E-state index in [2.05, 4.69) is 196 Å². The molecule has 17 heteroatoms. The average Bonchev–Trinajstić information content (AvgIpc) is 1.59. The summed E-state index contributed by atoms with van der Waals surface area (Å²) in [6.07, 6.45) is 0. The Bertz CT molecular complexity index is 5260. The zero-order chi connectivity index (χ0) is 66.7. The summed E-state index contributed by atoms with van der Waals surface area (Å²) >= 11 is 11.3. The van der Waals surface area contributed by atoms with Gasteiger partial charge in [-0.1, -0.05) is 212 Å². The molecule has 0 unspecified atom stereocenters. The number of rotatable bonds is 11. The van der Waals surface area contributed by atoms with E-state index in [4.69, 9.17) is 62.4 Å². The third-order valence-corrected chi connectivity index (χ3v) is 17.8. The molecule has 98 heavy (non-hydrogen) atoms. The second-order valence-corrected chi connectivity index (χ2v) is 25.1. The molecule has 1 fully saturated rings. The molecule has 0 aliphatic carbocycles. The summed E-state index contributed by atoms with van der Waals surface area (Å²) in [5, 5.41) is 0.202. The summed E-state index contributed by atoms with van der Waals surface area (Å²) in [5.74, 6) is 4.86. The van der Waals surface area contributed by atoms with Gasteiger partial charge in [0.1, 0.15) is 17.5 Å². The standard InChI is InChI=1S/C47H31N7.C25H25BN2O2.C9H5Cl2N3/c1-6-16-32(17-7-1)43-50-44(35-26-28-41-39(30-35)48-46(33-18-8-2-9-19-33)53(41)37-22-12-4-13-23-37)52-45(51-43)36-27-29-42-40(31-36)49-47(34-20-10-3-11-21-34)54(42)38-24-14-5-15-25-38;1-24(2)25(3,4)30-26(29-24)19-15-16-22-21(17-19)27-23(18-11-7-5-8-12-18)28(22)20-13-9-6-10-14-20;10-8-12-7(13-9(11)14-8)6-4-2-1-3-5-6/h1-31H;5-17H,1-4H3;1-5H. The van der Waals surface area contributed by atoms with Gasteiger partial charge in [-0.3, -0.25) is 13.7 Å². The molecular formula is C81H61BCl2N12O2. The smallest absolute Gasteiger partial charge is 0.399 e. The molecule has 0 spiro atoms. The third-order valence-electron chi connectivity index (χ3n) is 17.4. The van der Waals surface area contributed by atoms with Crippen molar-refractivity contribution in [2.75, 3.05) is 0 Å². The minimum absolute atomic E-state index is 0.101. The summed E-state index contributed by atoms with van der Waals surface area (Å²) in [6.45, 7) is 8.29. The fraction of sp³-hybridized carbons (Fsp3) is 0.0741. The summed E-state index contributed by atoms with van der Waals surface area (Å²) in [5.41, 5.74) is 15.7. The molecule has 5 aromatic heterocycles. The molecular weight excluding hydrogens is 1250 g/mol. The molecule has 11 aromatic carbocycles. The van der Waals surface area contributed by atoms with Crippen LogP contribution in [0.3, 0.4) is 0 Å². The molecule has 474 valence electrons. The van der Waals surface area contributed by atoms with Crippen molar-refractivity contribution in [3.8, 4) is 96.8 Å². The first-order valence-corrected chi connectivity index (χ1v) is 32.8. The van der Waals surface area contributed by atoms with Crippen molar-refractivity contribution in [2.45, 2.75) is 38.9 Å². The molecule has 0 amide bonds. The number of halogens is 2. The van der Waals surface area contributed by atoms with E-state index in [1.54, 1.807) is 0 Å². The SMILES string of the molecule is CC1(C)OB(c2ccc3c(c2)nc(-c2ccccc2)n3-c2ccccc2)OC1(C)C.Clc1nc(Cl)nc(-c2ccccc2)n1.c1ccc(-c2nc(-c3ccc4c(c3)nc(-c3ccccc3)n4-c3ccccc3)nc(-c3ccc4c(c3)nc(-c3ccccc3)n4-c3ccccc3)n2)cc1. The second kappa shape index (κ2) is 26.9. The lowest BCUT2D eigenvalue weighted by molar-refractivity contribution is 0.00578. The minimum Gasteiger partial charge on any atom is -0.399 e. The first-order valence-electron chi connectivity index (χ1n) is 32.1. The Morgan fingerprint density at radius 3 is 0.888 bits per heavy atom. The maximum atomic E-state index is 6.25. The Hall–Kier alpha value is -11.6. The number of hydrogen-bond acceptors (Lipinski definition) is 11. The molecule has 1 saturated heterocycles. The summed E-state index contributed by atoms with van der Waals surface area (Å²) in [6, 6.07) is 100. The molecule has 0 bridgehead atoms. The molecule has 6 heterocycles. The van der Waals surface area contributed by atoms with Gasteiger partial charge in [-0.05, 0) is 141 Å². The van der Waals surface area contributed by atoms with E-state index in [1.165, 1.54) is 0 Å². The van der Waals surface area contributed by atoms with E-state index >= 15 is 0 Å². The van der Waals surface area contributed by atoms with Crippen LogP contribution in [-0.2, 0) is 9.31 Å². The van der Waals surface area contributed by atoms with Crippen molar-refractivity contribution in [1.29, 1.82) is 0 Å². The number of benzene rings is 11. The van der Waals surface area contributed by atoms with E-state index in [-0.39, 0.29) is 21.8 Å². The Labute approximate surface area is 576 Å². The van der Waals surface area contributed by atoms with Gasteiger partial charge in [0.15, 0.2) is 23.3 Å². The maximum absolute atomic E-state index is 6.25. The Morgan fingerprint density at radius 2 is 0.551 bits per heavy atom. The Kier molecular flexibility index (Phi) is 17.2. The fourth-order valence-corrected chi connectivity index (χ4v) is 12.3. The lowest BCUT2D eigenvalue weighted by atomic mass is 9.79. The average molecular weight is 1320 g/mol. The molecule has 0 atom stereocenters. The lowest BCUT2D eigenvalue weighted by Gasteiger charge is -2.32. The fourth-order valence-electron chi connectivity index (χ4n) is 11.9. The molecule has 1 aliphatic rings. The highest BCUT2D eigenvalue weighted by Crippen LogP contribution is 2.39. The van der Waals surface area contributed by atoms with Gasteiger partial charge in [0, 0.05) is 56.0 Å². The number of nitrogens with zero attached hydrogens (tertiary/aromatic N) is 12. The molecule has 14 nitrogen and oxygen atoms in total. The predicted molar refractivity (Wildman–Crippen MR) is 394 cm³/mol. The number of para-hydroxylation sites is 3. The summed E-state index contributed by atoms with van der Waals surface area (Å²) < 4.78 is 19.1. The number of fused-ring (bicyclic) bond motifs is 3. The Morgan fingerprint density at radius 1 is 0.276 bits per heavy atom. The first-order chi connectivity index (χ1) is 47.9. The van der Waals surface area contributed by atoms with Gasteiger partial charge in [0.2, 0.25) is 10.6 Å². The molecule has 1 aliphatic heterocycles. The van der Waals surface area contributed by atoms with Crippen LogP contribution in [0.15, 0.2) is 297 Å². The van der Waals surface area contributed by atoms with Crippen LogP contribution in [-0.4, -0.2) is 76.9 Å². The van der Waals surface area contributed by atoms with Crippen molar-refractivity contribution in [2.24, 2.45) is 0 Å². The number of imidazole rings is 3. The van der Waals surface area contributed by atoms with Gasteiger partial charge in [-0.2, -0.15) is 15.0 Å². The highest BCUT2D eigenvalue weighted by Gasteiger charge is 2.52. The van der Waals surface area contributed by atoms with E-state index < -0.39 is 7.12 Å². The molecule has 16 aromatic rings. The van der Waals surface area contributed by atoms with Crippen molar-refractivity contribution < 1.29 is 9.31 Å². The monoisotopic (exact) mass is 1310 g/mol. The van der Waals surface area contributed by atoms with Crippen LogP contribution in [0.5, 0.6) is 0 Å². The van der Waals surface area contributed by atoms with Gasteiger partial charge in [-0.15, -0.1) is 0 Å². The van der Waals surface area contributed by atoms with E-state index in [9.17, 15) is 0 Å². The van der Waals surface area contributed by atoms with Gasteiger partial charge < -0.3 is 9.31 Å². The molecule has 0 saturated carbocycles. The zero-order valence-corrected chi connectivity index (χ0v) is 55.3. The largest absolute Gasteiger partial charge is 0.494 e. The third kappa shape index (κ3) is 12.8. The minimum atomic E-state index is -0.401. The normalized spacial score (nSPS) is 13.1. The van der Waals surface area contributed by atoms with Gasteiger partial charge in [-0.25, -0.2) is 29.9 Å². The van der Waals surface area contributed by atoms with Crippen LogP contribution in [0.2, 0.25) is 10.6 Å². The lowest BCUT2D eigenvalue weighted by Crippen LogP contribution is -2.41. The topological polar surface area (TPSA) is 149 Å². The van der Waals surface area contributed by atoms with E-state index in [0.717, 1.165) is 112 Å². The van der Waals surface area contributed by atoms with Crippen LogP contribution < -0.4 is 5.46 Å². The van der Waals surface area contributed by atoms with E-state index in [0.29, 0.717) is 23.3 Å². The highest BCUT2D eigenvalue weighted by atomic mass is 35.5. The molecule has 17 rings (SSSR count). The maximum Gasteiger partial charge on any atom is 0.494 e. The van der Waals surface area contributed by atoms with Crippen molar-refractivity contribution in [3.05, 3.63) is 308 Å². The van der Waals surface area contributed by atoms with E-state index in [1.807, 2.05) is 158 Å². The highest BCUT2D eigenvalue weighted by molar-refractivity contribution is 6.62. The van der Waals surface area contributed by atoms with Crippen LogP contribution >= 0.6 is 23.2 Å². The van der Waals surface area contributed by atoms with Crippen molar-refractivity contribution >= 4 is 68.9 Å². The Balaban J connectivity index is 0.000000148. The summed E-state index contributed by atoms with van der Waals surface area (Å²) in [7, 11) is -0.401. The van der Waals surface area contributed by atoms with Crippen LogP contribution in [0.1, 0.15) is 27.7 Å². The van der Waals surface area contributed by atoms with Crippen molar-refractivity contribution in [1.82, 2.24) is 58.6 Å². The van der Waals surface area contributed by atoms with Gasteiger partial charge in [0.05, 0.1) is 44.3 Å². The predicted octanol–water partition coefficient (Wildman–Crippen LogP) is 18.7. The van der Waals surface area contributed by atoms with Crippen LogP contribution in [0.4, 0.5) is 0 Å². The zero-order valence-electron chi connectivity index (χ0n) is 53.8. The van der Waals surface area contributed by atoms with Crippen molar-refractivity contribution in [3.63, 3.8) is 0 Å².